The summed E-state index contributed by atoms with van der Waals surface area (Å²) < 4.78 is 20.9. The van der Waals surface area contributed by atoms with Crippen molar-refractivity contribution in [3.05, 3.63) is 73.3 Å². The van der Waals surface area contributed by atoms with Crippen LogP contribution < -0.4 is 25.6 Å². The minimum atomic E-state index is -1.08. The average Bonchev–Trinajstić information content (AvgIpc) is 2.59. The van der Waals surface area contributed by atoms with Crippen LogP contribution in [0.25, 0.3) is 0 Å². The Labute approximate surface area is 147 Å². The topological polar surface area (TPSA) is 127 Å². The predicted octanol–water partition coefficient (Wildman–Crippen LogP) is 1.89. The van der Waals surface area contributed by atoms with Gasteiger partial charge in [-0.15, -0.1) is 0 Å². The van der Waals surface area contributed by atoms with Gasteiger partial charge in [-0.3, -0.25) is 10.1 Å². The van der Waals surface area contributed by atoms with Gasteiger partial charge >= 0.3 is 11.3 Å². The van der Waals surface area contributed by atoms with Crippen molar-refractivity contribution in [1.82, 2.24) is 0 Å². The normalized spacial score (nSPS) is 15.9. The molecule has 9 heteroatoms. The van der Waals surface area contributed by atoms with Crippen molar-refractivity contribution < 1.29 is 23.6 Å². The number of rotatable bonds is 4. The Balaban J connectivity index is 2.30. The number of nitro groups is 1. The summed E-state index contributed by atoms with van der Waals surface area (Å²) >= 11 is 0. The summed E-state index contributed by atoms with van der Waals surface area (Å²) in [7, 11) is 2.91. The first-order valence-electron chi connectivity index (χ1n) is 7.55. The standard InChI is InChI=1S/C17H16N2O7/c1-8-6-12-14(17(20)25-8)13(15(19(21)22)16(18)26-12)9-4-5-10(23-2)11(7-9)24-3/h4-7,13H,18H2,1-3H3/t13-/m1/s1. The molecular formula is C17H16N2O7. The Kier molecular flexibility index (Phi) is 4.29. The van der Waals surface area contributed by atoms with E-state index < -0.39 is 22.2 Å². The first-order valence-corrected chi connectivity index (χ1v) is 7.55. The number of nitrogens with two attached hydrogens (primary N) is 1. The maximum absolute atomic E-state index is 12.4. The van der Waals surface area contributed by atoms with E-state index in [4.69, 9.17) is 24.4 Å². The number of methoxy groups -OCH3 is 2. The molecule has 0 bridgehead atoms. The van der Waals surface area contributed by atoms with Crippen LogP contribution >= 0.6 is 0 Å². The number of benzene rings is 1. The number of nitrogens with zero attached hydrogens (tertiary/aromatic N) is 1. The highest BCUT2D eigenvalue weighted by molar-refractivity contribution is 5.52. The number of hydrogen-bond donors (Lipinski definition) is 1. The Morgan fingerprint density at radius 3 is 2.50 bits per heavy atom. The van der Waals surface area contributed by atoms with Crippen LogP contribution in [-0.2, 0) is 0 Å². The lowest BCUT2D eigenvalue weighted by atomic mass is 9.87. The second kappa shape index (κ2) is 6.43. The van der Waals surface area contributed by atoms with Crippen molar-refractivity contribution in [3.63, 3.8) is 0 Å². The van der Waals surface area contributed by atoms with Crippen LogP contribution in [0, 0.1) is 17.0 Å². The highest BCUT2D eigenvalue weighted by Crippen LogP contribution is 2.42. The number of allylic oxidation sites excluding steroid dienone is 1. The highest BCUT2D eigenvalue weighted by Gasteiger charge is 2.41. The van der Waals surface area contributed by atoms with Crippen LogP contribution in [0.3, 0.4) is 0 Å². The lowest BCUT2D eigenvalue weighted by Gasteiger charge is -2.23. The predicted molar refractivity (Wildman–Crippen MR) is 89.9 cm³/mol. The van der Waals surface area contributed by atoms with E-state index in [9.17, 15) is 14.9 Å². The van der Waals surface area contributed by atoms with Gasteiger partial charge in [0.05, 0.1) is 24.7 Å². The zero-order valence-electron chi connectivity index (χ0n) is 14.3. The molecule has 0 saturated carbocycles. The van der Waals surface area contributed by atoms with Gasteiger partial charge in [-0.2, -0.15) is 0 Å². The van der Waals surface area contributed by atoms with Gasteiger partial charge in [0.15, 0.2) is 11.5 Å². The van der Waals surface area contributed by atoms with E-state index in [1.807, 2.05) is 0 Å². The molecule has 0 radical (unpaired) electrons. The van der Waals surface area contributed by atoms with Crippen LogP contribution in [0.1, 0.15) is 22.8 Å². The molecule has 3 rings (SSSR count). The molecule has 2 aromatic rings. The monoisotopic (exact) mass is 360 g/mol. The summed E-state index contributed by atoms with van der Waals surface area (Å²) in [6.45, 7) is 1.57. The average molecular weight is 360 g/mol. The number of hydrogen-bond acceptors (Lipinski definition) is 8. The second-order valence-electron chi connectivity index (χ2n) is 5.58. The molecule has 0 amide bonds. The maximum atomic E-state index is 12.4. The van der Waals surface area contributed by atoms with Crippen LogP contribution in [0.2, 0.25) is 0 Å². The SMILES string of the molecule is COc1ccc([C@H]2C([N+](=O)[O-])=C(N)Oc3cc(C)oc(=O)c32)cc1OC. The van der Waals surface area contributed by atoms with E-state index in [2.05, 4.69) is 0 Å². The molecule has 1 aliphatic heterocycles. The van der Waals surface area contributed by atoms with Gasteiger partial charge in [0.25, 0.3) is 5.88 Å². The quantitative estimate of drug-likeness (QED) is 0.647. The fraction of sp³-hybridized carbons (Fsp3) is 0.235. The van der Waals surface area contributed by atoms with Gasteiger partial charge in [-0.25, -0.2) is 4.79 Å². The lowest BCUT2D eigenvalue weighted by Crippen LogP contribution is -2.29. The Hall–Kier alpha value is -3.49. The van der Waals surface area contributed by atoms with Gasteiger partial charge < -0.3 is 24.4 Å². The molecule has 136 valence electrons. The summed E-state index contributed by atoms with van der Waals surface area (Å²) in [6.07, 6.45) is 0. The van der Waals surface area contributed by atoms with Gasteiger partial charge in [0, 0.05) is 6.07 Å². The zero-order valence-corrected chi connectivity index (χ0v) is 14.3. The molecule has 9 nitrogen and oxygen atoms in total. The van der Waals surface area contributed by atoms with E-state index >= 15 is 0 Å². The first kappa shape index (κ1) is 17.3. The van der Waals surface area contributed by atoms with Gasteiger partial charge in [0.2, 0.25) is 0 Å². The minimum Gasteiger partial charge on any atom is -0.493 e. The molecule has 0 aliphatic carbocycles. The molecule has 1 atom stereocenters. The third kappa shape index (κ3) is 2.73. The molecule has 0 unspecified atom stereocenters. The van der Waals surface area contributed by atoms with E-state index in [0.717, 1.165) is 0 Å². The molecular weight excluding hydrogens is 344 g/mol. The summed E-state index contributed by atoms with van der Waals surface area (Å²) in [5.74, 6) is -0.230. The largest absolute Gasteiger partial charge is 0.493 e. The van der Waals surface area contributed by atoms with Gasteiger partial charge in [-0.1, -0.05) is 6.07 Å². The second-order valence-corrected chi connectivity index (χ2v) is 5.58. The van der Waals surface area contributed by atoms with Crippen molar-refractivity contribution in [1.29, 1.82) is 0 Å². The molecule has 1 aromatic heterocycles. The van der Waals surface area contributed by atoms with Crippen LogP contribution in [0.15, 0.2) is 45.1 Å². The number of aryl methyl sites for hydroxylation is 1. The maximum Gasteiger partial charge on any atom is 0.344 e. The van der Waals surface area contributed by atoms with Crippen molar-refractivity contribution >= 4 is 0 Å². The van der Waals surface area contributed by atoms with Crippen molar-refractivity contribution in [2.24, 2.45) is 5.73 Å². The zero-order chi connectivity index (χ0) is 19.0. The number of ether oxygens (including phenoxy) is 3. The smallest absolute Gasteiger partial charge is 0.344 e. The van der Waals surface area contributed by atoms with E-state index in [0.29, 0.717) is 22.8 Å². The lowest BCUT2D eigenvalue weighted by molar-refractivity contribution is -0.432. The summed E-state index contributed by atoms with van der Waals surface area (Å²) in [5.41, 5.74) is 5.02. The van der Waals surface area contributed by atoms with Crippen LogP contribution in [0.5, 0.6) is 17.2 Å². The highest BCUT2D eigenvalue weighted by atomic mass is 16.6. The Morgan fingerprint density at radius 2 is 1.88 bits per heavy atom. The fourth-order valence-corrected chi connectivity index (χ4v) is 2.94. The van der Waals surface area contributed by atoms with Crippen molar-refractivity contribution in [2.45, 2.75) is 12.8 Å². The molecule has 26 heavy (non-hydrogen) atoms. The molecule has 0 spiro atoms. The Bertz CT molecular complexity index is 978. The van der Waals surface area contributed by atoms with Gasteiger partial charge in [-0.05, 0) is 24.6 Å². The number of fused-ring (bicyclic) bond motifs is 1. The van der Waals surface area contributed by atoms with E-state index in [-0.39, 0.29) is 17.2 Å². The van der Waals surface area contributed by atoms with Crippen molar-refractivity contribution in [3.8, 4) is 17.2 Å². The molecule has 2 heterocycles. The summed E-state index contributed by atoms with van der Waals surface area (Å²) in [4.78, 5) is 23.4. The van der Waals surface area contributed by atoms with E-state index in [1.54, 1.807) is 25.1 Å². The fourth-order valence-electron chi connectivity index (χ4n) is 2.94. The third-order valence-electron chi connectivity index (χ3n) is 4.05. The first-order chi connectivity index (χ1) is 12.4. The third-order valence-corrected chi connectivity index (χ3v) is 4.05. The summed E-state index contributed by atoms with van der Waals surface area (Å²) in [6, 6.07) is 6.20. The van der Waals surface area contributed by atoms with Crippen molar-refractivity contribution in [2.75, 3.05) is 14.2 Å². The molecule has 2 N–H and O–H groups in total. The molecule has 1 aromatic carbocycles. The molecule has 0 saturated heterocycles. The van der Waals surface area contributed by atoms with E-state index in [1.165, 1.54) is 20.3 Å². The van der Waals surface area contributed by atoms with Gasteiger partial charge in [0.1, 0.15) is 17.4 Å². The summed E-state index contributed by atoms with van der Waals surface area (Å²) in [5, 5.41) is 11.6. The van der Waals surface area contributed by atoms with Crippen LogP contribution in [-0.4, -0.2) is 19.1 Å². The molecule has 1 aliphatic rings. The van der Waals surface area contributed by atoms with Crippen LogP contribution in [0.4, 0.5) is 0 Å². The Morgan fingerprint density at radius 1 is 1.19 bits per heavy atom. The minimum absolute atomic E-state index is 0.00344. The molecule has 0 fully saturated rings.